The average Bonchev–Trinajstić information content (AvgIpc) is 2.58. The maximum atomic E-state index is 4.04. The van der Waals surface area contributed by atoms with Crippen LogP contribution in [0.15, 0.2) is 17.6 Å². The average molecular weight is 149 g/mol. The Kier molecular flexibility index (Phi) is 1.47. The fraction of sp³-hybridized carbons (Fsp3) is 0.333. The molecule has 0 saturated heterocycles. The van der Waals surface area contributed by atoms with Crippen LogP contribution >= 0.6 is 0 Å². The molecule has 2 rings (SSSR count). The van der Waals surface area contributed by atoms with Crippen molar-refractivity contribution in [2.24, 2.45) is 4.99 Å². The van der Waals surface area contributed by atoms with Gasteiger partial charge >= 0.3 is 0 Å². The van der Waals surface area contributed by atoms with Gasteiger partial charge in [-0.15, -0.1) is 0 Å². The van der Waals surface area contributed by atoms with Crippen molar-refractivity contribution in [3.05, 3.63) is 12.7 Å². The van der Waals surface area contributed by atoms with E-state index in [0.717, 1.165) is 13.1 Å². The highest BCUT2D eigenvalue weighted by atomic mass is 15.3. The lowest BCUT2D eigenvalue weighted by Gasteiger charge is -2.08. The van der Waals surface area contributed by atoms with Crippen LogP contribution in [0, 0.1) is 0 Å². The highest BCUT2D eigenvalue weighted by Crippen LogP contribution is 2.03. The van der Waals surface area contributed by atoms with Crippen LogP contribution < -0.4 is 4.90 Å². The van der Waals surface area contributed by atoms with Crippen LogP contribution in [0.1, 0.15) is 0 Å². The molecule has 56 valence electrons. The highest BCUT2D eigenvalue weighted by Gasteiger charge is 2.08. The summed E-state index contributed by atoms with van der Waals surface area (Å²) in [5.74, 6) is 0.668. The van der Waals surface area contributed by atoms with E-state index in [-0.39, 0.29) is 0 Å². The molecule has 0 radical (unpaired) electrons. The van der Waals surface area contributed by atoms with Gasteiger partial charge in [0.15, 0.2) is 0 Å². The van der Waals surface area contributed by atoms with E-state index in [0.29, 0.717) is 5.95 Å². The maximum absolute atomic E-state index is 4.04. The second kappa shape index (κ2) is 2.61. The number of hydrogen-bond acceptors (Lipinski definition) is 5. The Balaban J connectivity index is 2.23. The predicted molar refractivity (Wildman–Crippen MR) is 40.5 cm³/mol. The highest BCUT2D eigenvalue weighted by molar-refractivity contribution is 5.77. The topological polar surface area (TPSA) is 54.3 Å². The molecule has 0 saturated carbocycles. The van der Waals surface area contributed by atoms with Crippen molar-refractivity contribution in [2.45, 2.75) is 0 Å². The number of hydrogen-bond donors (Lipinski definition) is 0. The molecular formula is C6H7N5. The summed E-state index contributed by atoms with van der Waals surface area (Å²) >= 11 is 0. The molecule has 5 nitrogen and oxygen atoms in total. The summed E-state index contributed by atoms with van der Waals surface area (Å²) in [6.07, 6.45) is 4.71. The molecule has 1 aliphatic rings. The third kappa shape index (κ3) is 1.17. The lowest BCUT2D eigenvalue weighted by Crippen LogP contribution is -2.20. The molecule has 1 aromatic heterocycles. The maximum Gasteiger partial charge on any atom is 0.233 e. The molecule has 11 heavy (non-hydrogen) atoms. The Morgan fingerprint density at radius 1 is 1.27 bits per heavy atom. The van der Waals surface area contributed by atoms with Gasteiger partial charge in [-0.05, 0) is 0 Å². The fourth-order valence-electron chi connectivity index (χ4n) is 0.913. The van der Waals surface area contributed by atoms with Crippen LogP contribution in [-0.2, 0) is 0 Å². The fourth-order valence-corrected chi connectivity index (χ4v) is 0.913. The van der Waals surface area contributed by atoms with Crippen LogP contribution in [0.3, 0.4) is 0 Å². The zero-order valence-corrected chi connectivity index (χ0v) is 5.88. The van der Waals surface area contributed by atoms with Crippen LogP contribution in [0.4, 0.5) is 5.95 Å². The summed E-state index contributed by atoms with van der Waals surface area (Å²) in [5.41, 5.74) is 0. The summed E-state index contributed by atoms with van der Waals surface area (Å²) in [7, 11) is 0. The third-order valence-corrected chi connectivity index (χ3v) is 1.43. The molecule has 0 amide bonds. The Morgan fingerprint density at radius 2 is 2.09 bits per heavy atom. The van der Waals surface area contributed by atoms with Gasteiger partial charge in [-0.25, -0.2) is 15.0 Å². The van der Waals surface area contributed by atoms with Gasteiger partial charge in [0, 0.05) is 6.54 Å². The van der Waals surface area contributed by atoms with Crippen LogP contribution in [0.2, 0.25) is 0 Å². The lowest BCUT2D eigenvalue weighted by molar-refractivity contribution is 0.941. The van der Waals surface area contributed by atoms with Gasteiger partial charge in [-0.1, -0.05) is 0 Å². The summed E-state index contributed by atoms with van der Waals surface area (Å²) in [6.45, 7) is 1.69. The molecule has 5 heteroatoms. The van der Waals surface area contributed by atoms with E-state index in [1.165, 1.54) is 12.7 Å². The first-order chi connectivity index (χ1) is 5.47. The van der Waals surface area contributed by atoms with Gasteiger partial charge < -0.3 is 0 Å². The molecule has 0 fully saturated rings. The molecule has 0 atom stereocenters. The van der Waals surface area contributed by atoms with Crippen LogP contribution in [0.25, 0.3) is 0 Å². The summed E-state index contributed by atoms with van der Waals surface area (Å²) in [4.78, 5) is 17.6. The quantitative estimate of drug-likeness (QED) is 0.551. The smallest absolute Gasteiger partial charge is 0.233 e. The number of anilines is 1. The van der Waals surface area contributed by atoms with Crippen LogP contribution in [0.5, 0.6) is 0 Å². The second-order valence-electron chi connectivity index (χ2n) is 2.15. The Morgan fingerprint density at radius 3 is 2.73 bits per heavy atom. The van der Waals surface area contributed by atoms with Crippen molar-refractivity contribution >= 4 is 12.3 Å². The van der Waals surface area contributed by atoms with Gasteiger partial charge in [0.1, 0.15) is 12.7 Å². The first-order valence-corrected chi connectivity index (χ1v) is 3.35. The van der Waals surface area contributed by atoms with Crippen molar-refractivity contribution in [2.75, 3.05) is 18.0 Å². The first kappa shape index (κ1) is 6.21. The molecular weight excluding hydrogens is 142 g/mol. The SMILES string of the molecule is C1=NCCN1c1ncncn1. The number of aliphatic imine (C=N–C) groups is 1. The monoisotopic (exact) mass is 149 g/mol. The molecule has 0 aromatic carbocycles. The number of nitrogens with zero attached hydrogens (tertiary/aromatic N) is 5. The third-order valence-electron chi connectivity index (χ3n) is 1.43. The van der Waals surface area contributed by atoms with Crippen molar-refractivity contribution in [1.29, 1.82) is 0 Å². The molecule has 0 spiro atoms. The summed E-state index contributed by atoms with van der Waals surface area (Å²) < 4.78 is 0. The molecule has 2 heterocycles. The molecule has 0 N–H and O–H groups in total. The largest absolute Gasteiger partial charge is 0.299 e. The van der Waals surface area contributed by atoms with Crippen molar-refractivity contribution in [3.8, 4) is 0 Å². The summed E-state index contributed by atoms with van der Waals surface area (Å²) in [5, 5.41) is 0. The molecule has 0 bridgehead atoms. The van der Waals surface area contributed by atoms with E-state index in [4.69, 9.17) is 0 Å². The minimum atomic E-state index is 0.668. The van der Waals surface area contributed by atoms with E-state index in [1.807, 2.05) is 4.90 Å². The zero-order chi connectivity index (χ0) is 7.52. The number of rotatable bonds is 1. The van der Waals surface area contributed by atoms with Gasteiger partial charge in [0.2, 0.25) is 5.95 Å². The van der Waals surface area contributed by atoms with E-state index < -0.39 is 0 Å². The van der Waals surface area contributed by atoms with Crippen LogP contribution in [-0.4, -0.2) is 34.4 Å². The number of aromatic nitrogens is 3. The summed E-state index contributed by atoms with van der Waals surface area (Å²) in [6, 6.07) is 0. The van der Waals surface area contributed by atoms with Crippen molar-refractivity contribution in [3.63, 3.8) is 0 Å². The predicted octanol–water partition coefficient (Wildman–Crippen LogP) is -0.280. The Bertz CT molecular complexity index is 257. The Hall–Kier alpha value is -1.52. The molecule has 0 aliphatic carbocycles. The van der Waals surface area contributed by atoms with Gasteiger partial charge in [-0.2, -0.15) is 0 Å². The Labute approximate surface area is 63.8 Å². The van der Waals surface area contributed by atoms with E-state index in [9.17, 15) is 0 Å². The van der Waals surface area contributed by atoms with E-state index in [1.54, 1.807) is 6.34 Å². The lowest BCUT2D eigenvalue weighted by atomic mass is 10.6. The standard InChI is InChI=1S/C6H7N5/c1-2-11(5-7-1)6-9-3-8-4-10-6/h3-5H,1-2H2. The van der Waals surface area contributed by atoms with Crippen molar-refractivity contribution in [1.82, 2.24) is 15.0 Å². The molecule has 0 unspecified atom stereocenters. The van der Waals surface area contributed by atoms with E-state index in [2.05, 4.69) is 19.9 Å². The van der Waals surface area contributed by atoms with Crippen molar-refractivity contribution < 1.29 is 0 Å². The normalized spacial score (nSPS) is 15.8. The molecule has 1 aromatic rings. The van der Waals surface area contributed by atoms with Gasteiger partial charge in [0.25, 0.3) is 0 Å². The minimum absolute atomic E-state index is 0.668. The van der Waals surface area contributed by atoms with Gasteiger partial charge in [0.05, 0.1) is 12.9 Å². The molecule has 1 aliphatic heterocycles. The second-order valence-corrected chi connectivity index (χ2v) is 2.15. The zero-order valence-electron chi connectivity index (χ0n) is 5.88. The first-order valence-electron chi connectivity index (χ1n) is 3.35. The van der Waals surface area contributed by atoms with E-state index >= 15 is 0 Å². The minimum Gasteiger partial charge on any atom is -0.299 e. The van der Waals surface area contributed by atoms with Gasteiger partial charge in [-0.3, -0.25) is 9.89 Å².